The number of halogens is 2. The van der Waals surface area contributed by atoms with Crippen LogP contribution < -0.4 is 5.32 Å². The molecule has 0 saturated carbocycles. The van der Waals surface area contributed by atoms with Crippen molar-refractivity contribution in [2.75, 3.05) is 25.0 Å². The van der Waals surface area contributed by atoms with E-state index < -0.39 is 21.9 Å². The summed E-state index contributed by atoms with van der Waals surface area (Å²) in [4.78, 5) is 12.3. The number of anilines is 1. The molecule has 1 amide bonds. The van der Waals surface area contributed by atoms with Crippen LogP contribution in [0, 0.1) is 19.7 Å². The Labute approximate surface area is 169 Å². The lowest BCUT2D eigenvalue weighted by atomic mass is 10.1. The number of nitrogens with zero attached hydrogens (tertiary/aromatic N) is 2. The second-order valence-corrected chi connectivity index (χ2v) is 9.09. The van der Waals surface area contributed by atoms with Gasteiger partial charge in [-0.25, -0.2) is 4.39 Å². The molecule has 3 rings (SSSR count). The summed E-state index contributed by atoms with van der Waals surface area (Å²) in [5.41, 5.74) is 3.27. The minimum atomic E-state index is -3.80. The lowest BCUT2D eigenvalue weighted by Crippen LogP contribution is -2.37. The second-order valence-electron chi connectivity index (χ2n) is 6.76. The molecule has 0 atom stereocenters. The van der Waals surface area contributed by atoms with Crippen LogP contribution in [0.3, 0.4) is 0 Å². The average Bonchev–Trinajstić information content (AvgIpc) is 2.88. The second kappa shape index (κ2) is 8.16. The Morgan fingerprint density at radius 2 is 1.82 bits per heavy atom. The van der Waals surface area contributed by atoms with Gasteiger partial charge in [0.1, 0.15) is 5.82 Å². The molecule has 1 aliphatic heterocycles. The monoisotopic (exact) mass is 425 g/mol. The Morgan fingerprint density at radius 3 is 2.50 bits per heavy atom. The Morgan fingerprint density at radius 1 is 1.11 bits per heavy atom. The summed E-state index contributed by atoms with van der Waals surface area (Å²) in [5.74, 6) is -0.892. The fourth-order valence-electron chi connectivity index (χ4n) is 2.96. The summed E-state index contributed by atoms with van der Waals surface area (Å²) in [6, 6.07) is 9.36. The summed E-state index contributed by atoms with van der Waals surface area (Å²) in [6.45, 7) is 4.09. The molecule has 150 valence electrons. The third kappa shape index (κ3) is 4.52. The first-order valence-corrected chi connectivity index (χ1v) is 10.5. The van der Waals surface area contributed by atoms with Crippen LogP contribution in [0.25, 0.3) is 0 Å². The highest BCUT2D eigenvalue weighted by atomic mass is 35.5. The predicted octanol–water partition coefficient (Wildman–Crippen LogP) is 3.10. The first kappa shape index (κ1) is 20.7. The minimum absolute atomic E-state index is 0.0245. The highest BCUT2D eigenvalue weighted by Gasteiger charge is 2.37. The van der Waals surface area contributed by atoms with Crippen molar-refractivity contribution in [1.82, 2.24) is 8.61 Å². The van der Waals surface area contributed by atoms with Crippen molar-refractivity contribution >= 4 is 33.4 Å². The number of carbonyl (C=O) groups is 1. The van der Waals surface area contributed by atoms with Crippen LogP contribution in [0.2, 0.25) is 5.02 Å². The molecule has 0 aromatic heterocycles. The molecule has 0 aliphatic carbocycles. The summed E-state index contributed by atoms with van der Waals surface area (Å²) < 4.78 is 41.0. The molecule has 0 radical (unpaired) electrons. The Hall–Kier alpha value is -2.00. The van der Waals surface area contributed by atoms with Gasteiger partial charge in [0.25, 0.3) is 10.2 Å². The van der Waals surface area contributed by atoms with E-state index in [1.165, 1.54) is 16.4 Å². The van der Waals surface area contributed by atoms with Gasteiger partial charge in [0.05, 0.1) is 6.54 Å². The zero-order chi connectivity index (χ0) is 20.5. The molecule has 28 heavy (non-hydrogen) atoms. The lowest BCUT2D eigenvalue weighted by Gasteiger charge is -2.19. The number of amides is 1. The number of nitrogens with one attached hydrogen (secondary N) is 1. The molecule has 2 aromatic carbocycles. The summed E-state index contributed by atoms with van der Waals surface area (Å²) in [5, 5.41) is 2.90. The van der Waals surface area contributed by atoms with Crippen molar-refractivity contribution in [1.29, 1.82) is 0 Å². The molecule has 1 aliphatic rings. The molecule has 1 saturated heterocycles. The number of carbonyl (C=O) groups excluding carboxylic acids is 1. The highest BCUT2D eigenvalue weighted by molar-refractivity contribution is 7.87. The average molecular weight is 426 g/mol. The van der Waals surface area contributed by atoms with E-state index >= 15 is 0 Å². The van der Waals surface area contributed by atoms with Crippen LogP contribution in [0.15, 0.2) is 36.4 Å². The van der Waals surface area contributed by atoms with Gasteiger partial charge in [-0.1, -0.05) is 23.7 Å². The van der Waals surface area contributed by atoms with E-state index in [2.05, 4.69) is 5.32 Å². The third-order valence-corrected chi connectivity index (χ3v) is 7.00. The minimum Gasteiger partial charge on any atom is -0.325 e. The number of aryl methyl sites for hydroxylation is 2. The molecule has 2 aromatic rings. The molecule has 0 bridgehead atoms. The maximum absolute atomic E-state index is 13.2. The molecule has 0 spiro atoms. The summed E-state index contributed by atoms with van der Waals surface area (Å²) in [6.07, 6.45) is 0. The van der Waals surface area contributed by atoms with Crippen molar-refractivity contribution < 1.29 is 17.6 Å². The van der Waals surface area contributed by atoms with Gasteiger partial charge in [0, 0.05) is 30.3 Å². The topological polar surface area (TPSA) is 69.7 Å². The van der Waals surface area contributed by atoms with E-state index in [1.807, 2.05) is 26.0 Å². The molecule has 9 heteroatoms. The number of hydrogen-bond donors (Lipinski definition) is 1. The normalized spacial score (nSPS) is 17.0. The van der Waals surface area contributed by atoms with E-state index in [0.29, 0.717) is 11.3 Å². The van der Waals surface area contributed by atoms with Gasteiger partial charge in [-0.2, -0.15) is 17.0 Å². The Kier molecular flexibility index (Phi) is 6.04. The molecule has 1 heterocycles. The van der Waals surface area contributed by atoms with Crippen molar-refractivity contribution in [3.63, 3.8) is 0 Å². The van der Waals surface area contributed by atoms with Gasteiger partial charge in [0.2, 0.25) is 5.91 Å². The first-order valence-electron chi connectivity index (χ1n) is 8.73. The maximum atomic E-state index is 13.2. The van der Waals surface area contributed by atoms with Gasteiger partial charge in [-0.05, 0) is 54.8 Å². The van der Waals surface area contributed by atoms with Gasteiger partial charge in [0.15, 0.2) is 0 Å². The fraction of sp³-hybridized carbons (Fsp3) is 0.316. The first-order chi connectivity index (χ1) is 13.2. The largest absolute Gasteiger partial charge is 0.325 e. The number of hydrogen-bond acceptors (Lipinski definition) is 3. The molecule has 0 unspecified atom stereocenters. The summed E-state index contributed by atoms with van der Waals surface area (Å²) in [7, 11) is -3.80. The molecule has 6 nitrogen and oxygen atoms in total. The van der Waals surface area contributed by atoms with Gasteiger partial charge >= 0.3 is 0 Å². The quantitative estimate of drug-likeness (QED) is 0.800. The predicted molar refractivity (Wildman–Crippen MR) is 107 cm³/mol. The number of benzene rings is 2. The van der Waals surface area contributed by atoms with Crippen molar-refractivity contribution in [3.05, 3.63) is 63.9 Å². The SMILES string of the molecule is Cc1ccc(NC(=O)CN2CCN(Cc3ccc(F)cc3Cl)S2(=O)=O)cc1C. The van der Waals surface area contributed by atoms with Crippen molar-refractivity contribution in [3.8, 4) is 0 Å². The van der Waals surface area contributed by atoms with E-state index in [4.69, 9.17) is 11.6 Å². The zero-order valence-electron chi connectivity index (χ0n) is 15.6. The van der Waals surface area contributed by atoms with Gasteiger partial charge in [-0.3, -0.25) is 4.79 Å². The smallest absolute Gasteiger partial charge is 0.282 e. The standard InChI is InChI=1S/C19H21ClFN3O3S/c1-13-3-6-17(9-14(13)2)22-19(25)12-24-8-7-23(28(24,26)27)11-15-4-5-16(21)10-18(15)20/h3-6,9-10H,7-8,11-12H2,1-2H3,(H,22,25). The van der Waals surface area contributed by atoms with E-state index in [9.17, 15) is 17.6 Å². The Balaban J connectivity index is 1.65. The maximum Gasteiger partial charge on any atom is 0.282 e. The van der Waals surface area contributed by atoms with E-state index in [0.717, 1.165) is 21.5 Å². The van der Waals surface area contributed by atoms with Gasteiger partial charge in [-0.15, -0.1) is 0 Å². The zero-order valence-corrected chi connectivity index (χ0v) is 17.1. The molecule has 1 N–H and O–H groups in total. The van der Waals surface area contributed by atoms with Crippen LogP contribution in [0.4, 0.5) is 10.1 Å². The van der Waals surface area contributed by atoms with E-state index in [1.54, 1.807) is 6.07 Å². The fourth-order valence-corrected chi connectivity index (χ4v) is 4.72. The van der Waals surface area contributed by atoms with Crippen LogP contribution in [-0.2, 0) is 21.5 Å². The summed E-state index contributed by atoms with van der Waals surface area (Å²) >= 11 is 6.00. The molecular weight excluding hydrogens is 405 g/mol. The van der Waals surface area contributed by atoms with Crippen molar-refractivity contribution in [2.45, 2.75) is 20.4 Å². The molecular formula is C19H21ClFN3O3S. The van der Waals surface area contributed by atoms with Crippen molar-refractivity contribution in [2.24, 2.45) is 0 Å². The van der Waals surface area contributed by atoms with Crippen LogP contribution >= 0.6 is 11.6 Å². The van der Waals surface area contributed by atoms with Crippen LogP contribution in [-0.4, -0.2) is 42.6 Å². The molecule has 1 fully saturated rings. The highest BCUT2D eigenvalue weighted by Crippen LogP contribution is 2.24. The lowest BCUT2D eigenvalue weighted by molar-refractivity contribution is -0.116. The third-order valence-electron chi connectivity index (χ3n) is 4.72. The van der Waals surface area contributed by atoms with Crippen LogP contribution in [0.1, 0.15) is 16.7 Å². The van der Waals surface area contributed by atoms with E-state index in [-0.39, 0.29) is 31.2 Å². The van der Waals surface area contributed by atoms with Gasteiger partial charge < -0.3 is 5.32 Å². The Bertz CT molecular complexity index is 1010. The van der Waals surface area contributed by atoms with Crippen LogP contribution in [0.5, 0.6) is 0 Å². The number of rotatable bonds is 5.